The molecule has 0 fully saturated rings. The van der Waals surface area contributed by atoms with Gasteiger partial charge in [-0.2, -0.15) is 0 Å². The Hall–Kier alpha value is -0.540. The highest BCUT2D eigenvalue weighted by atomic mass is 35.5. The van der Waals surface area contributed by atoms with Crippen LogP contribution in [0.15, 0.2) is 61.2 Å². The van der Waals surface area contributed by atoms with Gasteiger partial charge in [-0.05, 0) is 0 Å². The summed E-state index contributed by atoms with van der Waals surface area (Å²) >= 11 is 0. The fourth-order valence-electron chi connectivity index (χ4n) is 1.25. The topological polar surface area (TPSA) is 7.76 Å². The highest BCUT2D eigenvalue weighted by Gasteiger charge is 2.03. The first kappa shape index (κ1) is 21.7. The van der Waals surface area contributed by atoms with Crippen LogP contribution in [-0.2, 0) is 6.67 Å². The van der Waals surface area contributed by atoms with Crippen LogP contribution in [0.4, 0.5) is 0 Å². The second kappa shape index (κ2) is 11.9. The van der Waals surface area contributed by atoms with Crippen LogP contribution in [-0.4, -0.2) is 0 Å². The van der Waals surface area contributed by atoms with Gasteiger partial charge < -0.3 is 0 Å². The zero-order chi connectivity index (χ0) is 8.93. The summed E-state index contributed by atoms with van der Waals surface area (Å²) in [5, 5.41) is 0. The second-order valence-electron chi connectivity index (χ2n) is 2.92. The van der Waals surface area contributed by atoms with Gasteiger partial charge in [-0.15, -0.1) is 58.8 Å². The van der Waals surface area contributed by atoms with Crippen molar-refractivity contribution in [2.24, 2.45) is 0 Å². The molecule has 96 valence electrons. The van der Waals surface area contributed by atoms with Crippen LogP contribution in [0.25, 0.3) is 0 Å². The van der Waals surface area contributed by atoms with Crippen LogP contribution in [0.1, 0.15) is 0 Å². The molecule has 0 aliphatic heterocycles. The lowest BCUT2D eigenvalue weighted by atomic mass is 10.5. The Bertz CT molecular complexity index is 332. The minimum absolute atomic E-state index is 0. The number of aromatic nitrogens is 2. The van der Waals surface area contributed by atoms with Crippen LogP contribution in [0, 0.1) is 0 Å². The van der Waals surface area contributed by atoms with Crippen molar-refractivity contribution < 1.29 is 9.13 Å². The van der Waals surface area contributed by atoms with Crippen molar-refractivity contribution in [3.8, 4) is 0 Å². The van der Waals surface area contributed by atoms with Crippen LogP contribution in [0.5, 0.6) is 0 Å². The van der Waals surface area contributed by atoms with Gasteiger partial charge in [0.2, 0.25) is 0 Å². The minimum Gasteiger partial charge on any atom is -0.147 e. The molecule has 2 rings (SSSR count). The molecule has 0 atom stereocenters. The van der Waals surface area contributed by atoms with E-state index in [1.54, 1.807) is 0 Å². The van der Waals surface area contributed by atoms with Crippen LogP contribution in [0.3, 0.4) is 0 Å². The Morgan fingerprint density at radius 1 is 0.471 bits per heavy atom. The standard InChI is InChI=1S/C11H12N2.4ClH/c1-3-7-12(8-4-1)11-13-9-5-2-6-10-13;;;;/h1-10H,11H2;4*1H/q+2;;;;. The highest BCUT2D eigenvalue weighted by Crippen LogP contribution is 1.77. The van der Waals surface area contributed by atoms with E-state index in [1.165, 1.54) is 0 Å². The lowest BCUT2D eigenvalue weighted by molar-refractivity contribution is -0.913. The SMILES string of the molecule is Cl.Cl.Cl.Cl.c1cc[n+](C[n+]2ccccc2)cc1. The monoisotopic (exact) mass is 316 g/mol. The largest absolute Gasteiger partial charge is 0.343 e. The van der Waals surface area contributed by atoms with Crippen molar-refractivity contribution in [2.75, 3.05) is 0 Å². The molecule has 0 aliphatic rings. The zero-order valence-corrected chi connectivity index (χ0v) is 12.3. The molecule has 0 aliphatic carbocycles. The van der Waals surface area contributed by atoms with E-state index in [1.807, 2.05) is 36.4 Å². The fraction of sp³-hybridized carbons (Fsp3) is 0.0909. The molecule has 0 amide bonds. The van der Waals surface area contributed by atoms with E-state index >= 15 is 0 Å². The van der Waals surface area contributed by atoms with E-state index in [2.05, 4.69) is 33.9 Å². The summed E-state index contributed by atoms with van der Waals surface area (Å²) in [4.78, 5) is 0. The molecule has 17 heavy (non-hydrogen) atoms. The molecule has 0 aromatic carbocycles. The molecule has 0 saturated carbocycles. The van der Waals surface area contributed by atoms with E-state index < -0.39 is 0 Å². The van der Waals surface area contributed by atoms with Gasteiger partial charge in [-0.1, -0.05) is 12.1 Å². The molecule has 0 N–H and O–H groups in total. The molecule has 2 aromatic heterocycles. The summed E-state index contributed by atoms with van der Waals surface area (Å²) in [5.74, 6) is 0. The molecule has 2 heterocycles. The van der Waals surface area contributed by atoms with Gasteiger partial charge in [-0.25, -0.2) is 0 Å². The normalized spacial score (nSPS) is 7.53. The number of pyridine rings is 2. The number of rotatable bonds is 2. The summed E-state index contributed by atoms with van der Waals surface area (Å²) in [6.45, 7) is 0.863. The van der Waals surface area contributed by atoms with E-state index in [0.717, 1.165) is 6.67 Å². The smallest absolute Gasteiger partial charge is 0.147 e. The molecule has 0 radical (unpaired) electrons. The summed E-state index contributed by atoms with van der Waals surface area (Å²) in [6, 6.07) is 12.2. The quantitative estimate of drug-likeness (QED) is 0.752. The van der Waals surface area contributed by atoms with E-state index in [-0.39, 0.29) is 49.6 Å². The molecular weight excluding hydrogens is 302 g/mol. The molecule has 2 aromatic rings. The lowest BCUT2D eigenvalue weighted by Gasteiger charge is -1.91. The van der Waals surface area contributed by atoms with Gasteiger partial charge >= 0.3 is 6.67 Å². The van der Waals surface area contributed by atoms with Gasteiger partial charge in [-0.3, -0.25) is 0 Å². The predicted octanol–water partition coefficient (Wildman–Crippen LogP) is 2.45. The summed E-state index contributed by atoms with van der Waals surface area (Å²) in [6.07, 6.45) is 8.22. The van der Waals surface area contributed by atoms with Crippen molar-refractivity contribution >= 4 is 49.6 Å². The molecule has 0 bridgehead atoms. The Labute approximate surface area is 126 Å². The van der Waals surface area contributed by atoms with Gasteiger partial charge in [0, 0.05) is 24.3 Å². The van der Waals surface area contributed by atoms with Crippen molar-refractivity contribution in [1.29, 1.82) is 0 Å². The average molecular weight is 318 g/mol. The molecule has 0 saturated heterocycles. The number of hydrogen-bond acceptors (Lipinski definition) is 0. The summed E-state index contributed by atoms with van der Waals surface area (Å²) in [7, 11) is 0. The first-order valence-corrected chi connectivity index (χ1v) is 4.33. The van der Waals surface area contributed by atoms with E-state index in [9.17, 15) is 0 Å². The summed E-state index contributed by atoms with van der Waals surface area (Å²) < 4.78 is 4.25. The Morgan fingerprint density at radius 3 is 1.06 bits per heavy atom. The average Bonchev–Trinajstić information content (AvgIpc) is 2.21. The zero-order valence-electron chi connectivity index (χ0n) is 9.01. The summed E-state index contributed by atoms with van der Waals surface area (Å²) in [5.41, 5.74) is 0. The van der Waals surface area contributed by atoms with Crippen molar-refractivity contribution in [1.82, 2.24) is 0 Å². The highest BCUT2D eigenvalue weighted by molar-refractivity contribution is 5.86. The van der Waals surface area contributed by atoms with Crippen LogP contribution in [0.2, 0.25) is 0 Å². The Balaban J connectivity index is -0.000000490. The Kier molecular flexibility index (Phi) is 15.2. The van der Waals surface area contributed by atoms with E-state index in [4.69, 9.17) is 0 Å². The van der Waals surface area contributed by atoms with E-state index in [0.29, 0.717) is 0 Å². The molecule has 0 unspecified atom stereocenters. The van der Waals surface area contributed by atoms with Gasteiger partial charge in [0.1, 0.15) is 0 Å². The lowest BCUT2D eigenvalue weighted by Crippen LogP contribution is -2.50. The molecule has 0 spiro atoms. The van der Waals surface area contributed by atoms with Gasteiger partial charge in [0.15, 0.2) is 24.8 Å². The maximum Gasteiger partial charge on any atom is 0.343 e. The number of nitrogens with zero attached hydrogens (tertiary/aromatic N) is 2. The van der Waals surface area contributed by atoms with Crippen LogP contribution >= 0.6 is 49.6 Å². The van der Waals surface area contributed by atoms with Crippen molar-refractivity contribution in [3.63, 3.8) is 0 Å². The van der Waals surface area contributed by atoms with Crippen molar-refractivity contribution in [3.05, 3.63) is 61.2 Å². The predicted molar refractivity (Wildman–Crippen MR) is 77.7 cm³/mol. The third-order valence-electron chi connectivity index (χ3n) is 1.88. The van der Waals surface area contributed by atoms with Gasteiger partial charge in [0.05, 0.1) is 0 Å². The molecular formula is C11H16Cl4N2+2. The number of hydrogen-bond donors (Lipinski definition) is 0. The third kappa shape index (κ3) is 7.40. The second-order valence-corrected chi connectivity index (χ2v) is 2.92. The maximum absolute atomic E-state index is 2.12. The first-order chi connectivity index (χ1) is 6.45. The third-order valence-corrected chi connectivity index (χ3v) is 1.88. The first-order valence-electron chi connectivity index (χ1n) is 4.33. The molecule has 6 heteroatoms. The van der Waals surface area contributed by atoms with Crippen LogP contribution < -0.4 is 9.13 Å². The fourth-order valence-corrected chi connectivity index (χ4v) is 1.25. The maximum atomic E-state index is 2.12. The number of halogens is 4. The Morgan fingerprint density at radius 2 is 0.765 bits per heavy atom. The van der Waals surface area contributed by atoms with Gasteiger partial charge in [0.25, 0.3) is 0 Å². The minimum atomic E-state index is 0. The van der Waals surface area contributed by atoms with Crippen molar-refractivity contribution in [2.45, 2.75) is 6.67 Å². The molecule has 2 nitrogen and oxygen atoms in total.